The van der Waals surface area contributed by atoms with Gasteiger partial charge < -0.3 is 4.42 Å². The van der Waals surface area contributed by atoms with Crippen molar-refractivity contribution >= 4 is 18.1 Å². The molecule has 21 heavy (non-hydrogen) atoms. The largest absolute Gasteiger partial charge is 0.451 e. The van der Waals surface area contributed by atoms with E-state index in [1.165, 1.54) is 29.2 Å². The van der Waals surface area contributed by atoms with Crippen molar-refractivity contribution in [3.05, 3.63) is 59.1 Å². The molecule has 106 valence electrons. The molecule has 0 aliphatic carbocycles. The van der Waals surface area contributed by atoms with Crippen LogP contribution in [0.5, 0.6) is 0 Å². The van der Waals surface area contributed by atoms with Crippen molar-refractivity contribution in [1.82, 2.24) is 14.9 Å². The van der Waals surface area contributed by atoms with Gasteiger partial charge >= 0.3 is 5.91 Å². The van der Waals surface area contributed by atoms with E-state index < -0.39 is 5.91 Å². The Morgan fingerprint density at radius 3 is 2.71 bits per heavy atom. The monoisotopic (exact) mass is 304 g/mol. The average Bonchev–Trinajstić information content (AvgIpc) is 3.10. The van der Waals surface area contributed by atoms with Crippen LogP contribution in [0.3, 0.4) is 0 Å². The Morgan fingerprint density at radius 2 is 2.05 bits per heavy atom. The number of H-pyrrole nitrogens is 1. The SMILES string of the molecule is O=C(Nn1cn[nH]c1=S)c1ccc(-c2ccc(F)cc2)o1. The van der Waals surface area contributed by atoms with Crippen LogP contribution in [0.15, 0.2) is 47.1 Å². The Kier molecular flexibility index (Phi) is 3.36. The normalized spacial score (nSPS) is 10.5. The van der Waals surface area contributed by atoms with Gasteiger partial charge in [0.25, 0.3) is 0 Å². The van der Waals surface area contributed by atoms with E-state index in [4.69, 9.17) is 16.6 Å². The molecule has 0 bridgehead atoms. The minimum atomic E-state index is -0.471. The first kappa shape index (κ1) is 13.3. The Labute approximate surface area is 123 Å². The van der Waals surface area contributed by atoms with Gasteiger partial charge in [-0.05, 0) is 48.6 Å². The molecule has 1 aromatic carbocycles. The van der Waals surface area contributed by atoms with Gasteiger partial charge in [0.2, 0.25) is 4.77 Å². The van der Waals surface area contributed by atoms with Crippen LogP contribution in [0.25, 0.3) is 11.3 Å². The predicted molar refractivity (Wildman–Crippen MR) is 75.2 cm³/mol. The predicted octanol–water partition coefficient (Wildman–Crippen LogP) is 2.72. The molecule has 2 N–H and O–H groups in total. The third-order valence-electron chi connectivity index (χ3n) is 2.73. The summed E-state index contributed by atoms with van der Waals surface area (Å²) < 4.78 is 19.8. The summed E-state index contributed by atoms with van der Waals surface area (Å²) in [6, 6.07) is 8.95. The quantitative estimate of drug-likeness (QED) is 0.730. The molecule has 0 saturated carbocycles. The summed E-state index contributed by atoms with van der Waals surface area (Å²) in [5, 5.41) is 6.19. The number of amides is 1. The van der Waals surface area contributed by atoms with Gasteiger partial charge in [-0.2, -0.15) is 5.10 Å². The molecule has 8 heteroatoms. The van der Waals surface area contributed by atoms with E-state index in [2.05, 4.69) is 15.6 Å². The molecule has 0 unspecified atom stereocenters. The summed E-state index contributed by atoms with van der Waals surface area (Å²) in [6.45, 7) is 0. The standard InChI is InChI=1S/C13H9FN4O2S/c14-9-3-1-8(2-4-9)10-5-6-11(20-10)12(19)17-18-7-15-16-13(18)21/h1-7H,(H,16,21)(H,17,19). The Morgan fingerprint density at radius 1 is 1.29 bits per heavy atom. The van der Waals surface area contributed by atoms with Crippen LogP contribution >= 0.6 is 12.2 Å². The number of nitrogens with zero attached hydrogens (tertiary/aromatic N) is 2. The third-order valence-corrected chi connectivity index (χ3v) is 3.02. The summed E-state index contributed by atoms with van der Waals surface area (Å²) in [5.41, 5.74) is 3.18. The molecule has 0 radical (unpaired) electrons. The van der Waals surface area contributed by atoms with Crippen LogP contribution < -0.4 is 5.43 Å². The zero-order valence-electron chi connectivity index (χ0n) is 10.5. The topological polar surface area (TPSA) is 75.8 Å². The highest BCUT2D eigenvalue weighted by Gasteiger charge is 2.13. The van der Waals surface area contributed by atoms with Crippen LogP contribution in [0, 0.1) is 10.6 Å². The summed E-state index contributed by atoms with van der Waals surface area (Å²) in [7, 11) is 0. The fourth-order valence-corrected chi connectivity index (χ4v) is 1.87. The van der Waals surface area contributed by atoms with Gasteiger partial charge in [0.1, 0.15) is 17.9 Å². The zero-order valence-corrected chi connectivity index (χ0v) is 11.4. The van der Waals surface area contributed by atoms with Crippen molar-refractivity contribution in [2.24, 2.45) is 0 Å². The maximum atomic E-state index is 12.9. The summed E-state index contributed by atoms with van der Waals surface area (Å²) in [6.07, 6.45) is 1.34. The number of nitrogens with one attached hydrogen (secondary N) is 2. The number of hydrogen-bond acceptors (Lipinski definition) is 4. The number of furan rings is 1. The second-order valence-electron chi connectivity index (χ2n) is 4.14. The first-order chi connectivity index (χ1) is 10.1. The number of halogens is 1. The molecule has 0 aliphatic heterocycles. The van der Waals surface area contributed by atoms with Crippen molar-refractivity contribution in [3.8, 4) is 11.3 Å². The number of aromatic amines is 1. The van der Waals surface area contributed by atoms with Gasteiger partial charge in [0, 0.05) is 5.56 Å². The smallest absolute Gasteiger partial charge is 0.305 e. The number of rotatable bonds is 3. The van der Waals surface area contributed by atoms with Crippen molar-refractivity contribution in [2.75, 3.05) is 5.43 Å². The Hall–Kier alpha value is -2.74. The first-order valence-corrected chi connectivity index (χ1v) is 6.33. The molecular weight excluding hydrogens is 295 g/mol. The van der Waals surface area contributed by atoms with Crippen LogP contribution in [0.1, 0.15) is 10.6 Å². The van der Waals surface area contributed by atoms with E-state index in [9.17, 15) is 9.18 Å². The molecule has 0 fully saturated rings. The highest BCUT2D eigenvalue weighted by atomic mass is 32.1. The number of carbonyl (C=O) groups excluding carboxylic acids is 1. The lowest BCUT2D eigenvalue weighted by Gasteiger charge is -2.02. The summed E-state index contributed by atoms with van der Waals surface area (Å²) in [5.74, 6) is -0.230. The molecule has 2 aromatic heterocycles. The molecule has 2 heterocycles. The van der Waals surface area contributed by atoms with Crippen molar-refractivity contribution in [3.63, 3.8) is 0 Å². The fourth-order valence-electron chi connectivity index (χ4n) is 1.72. The van der Waals surface area contributed by atoms with Gasteiger partial charge in [0.15, 0.2) is 5.76 Å². The minimum absolute atomic E-state index is 0.109. The Bertz CT molecular complexity index is 834. The second kappa shape index (κ2) is 5.33. The number of hydrogen-bond donors (Lipinski definition) is 2. The lowest BCUT2D eigenvalue weighted by molar-refractivity contribution is 0.0982. The van der Waals surface area contributed by atoms with Crippen LogP contribution in [-0.2, 0) is 0 Å². The van der Waals surface area contributed by atoms with E-state index in [1.807, 2.05) is 0 Å². The maximum Gasteiger partial charge on any atom is 0.305 e. The zero-order chi connectivity index (χ0) is 14.8. The van der Waals surface area contributed by atoms with Gasteiger partial charge in [-0.1, -0.05) is 0 Å². The molecule has 0 atom stereocenters. The number of benzene rings is 1. The number of carbonyl (C=O) groups is 1. The highest BCUT2D eigenvalue weighted by molar-refractivity contribution is 7.71. The van der Waals surface area contributed by atoms with E-state index in [0.717, 1.165) is 0 Å². The number of aromatic nitrogens is 3. The van der Waals surface area contributed by atoms with Crippen molar-refractivity contribution in [1.29, 1.82) is 0 Å². The van der Waals surface area contributed by atoms with E-state index in [1.54, 1.807) is 18.2 Å². The second-order valence-corrected chi connectivity index (χ2v) is 4.53. The first-order valence-electron chi connectivity index (χ1n) is 5.92. The van der Waals surface area contributed by atoms with Gasteiger partial charge in [-0.25, -0.2) is 9.07 Å². The van der Waals surface area contributed by atoms with Crippen LogP contribution in [-0.4, -0.2) is 20.8 Å². The molecule has 0 saturated heterocycles. The van der Waals surface area contributed by atoms with Crippen LogP contribution in [0.2, 0.25) is 0 Å². The van der Waals surface area contributed by atoms with Crippen molar-refractivity contribution in [2.45, 2.75) is 0 Å². The fraction of sp³-hybridized carbons (Fsp3) is 0. The summed E-state index contributed by atoms with van der Waals surface area (Å²) >= 11 is 4.91. The van der Waals surface area contributed by atoms with E-state index in [-0.39, 0.29) is 16.3 Å². The summed E-state index contributed by atoms with van der Waals surface area (Å²) in [4.78, 5) is 12.0. The van der Waals surface area contributed by atoms with Gasteiger partial charge in [-0.3, -0.25) is 15.3 Å². The third kappa shape index (κ3) is 2.75. The molecular formula is C13H9FN4O2S. The van der Waals surface area contributed by atoms with E-state index >= 15 is 0 Å². The lowest BCUT2D eigenvalue weighted by atomic mass is 10.2. The molecule has 0 aliphatic rings. The average molecular weight is 304 g/mol. The van der Waals surface area contributed by atoms with Gasteiger partial charge in [0.05, 0.1) is 0 Å². The molecule has 3 rings (SSSR count). The molecule has 6 nitrogen and oxygen atoms in total. The lowest BCUT2D eigenvalue weighted by Crippen LogP contribution is -2.21. The Balaban J connectivity index is 1.81. The van der Waals surface area contributed by atoms with E-state index in [0.29, 0.717) is 11.3 Å². The minimum Gasteiger partial charge on any atom is -0.451 e. The maximum absolute atomic E-state index is 12.9. The molecule has 1 amide bonds. The van der Waals surface area contributed by atoms with Gasteiger partial charge in [-0.15, -0.1) is 0 Å². The molecule has 3 aromatic rings. The highest BCUT2D eigenvalue weighted by Crippen LogP contribution is 2.22. The van der Waals surface area contributed by atoms with Crippen molar-refractivity contribution < 1.29 is 13.6 Å². The van der Waals surface area contributed by atoms with Crippen LogP contribution in [0.4, 0.5) is 4.39 Å². The molecule has 0 spiro atoms.